The number of nitrogens with one attached hydrogen (secondary N) is 2. The highest BCUT2D eigenvalue weighted by Gasteiger charge is 2.23. The molecule has 0 aliphatic carbocycles. The van der Waals surface area contributed by atoms with Gasteiger partial charge in [0.05, 0.1) is 9.79 Å². The van der Waals surface area contributed by atoms with Gasteiger partial charge in [0.15, 0.2) is 0 Å². The summed E-state index contributed by atoms with van der Waals surface area (Å²) in [5, 5.41) is 4.35. The summed E-state index contributed by atoms with van der Waals surface area (Å²) in [6.45, 7) is 3.92. The number of sulfone groups is 1. The maximum absolute atomic E-state index is 13.1. The molecule has 1 aliphatic heterocycles. The molecule has 0 amide bonds. The van der Waals surface area contributed by atoms with Crippen LogP contribution in [0.25, 0.3) is 10.9 Å². The van der Waals surface area contributed by atoms with Crippen LogP contribution in [0.1, 0.15) is 24.1 Å². The van der Waals surface area contributed by atoms with Crippen molar-refractivity contribution in [2.24, 2.45) is 0 Å². The molecule has 4 rings (SSSR count). The number of hydrogen-bond acceptors (Lipinski definition) is 3. The van der Waals surface area contributed by atoms with E-state index in [1.54, 1.807) is 12.1 Å². The fourth-order valence-electron chi connectivity index (χ4n) is 3.56. The highest BCUT2D eigenvalue weighted by molar-refractivity contribution is 7.91. The van der Waals surface area contributed by atoms with E-state index in [9.17, 15) is 12.8 Å². The predicted molar refractivity (Wildman–Crippen MR) is 95.1 cm³/mol. The lowest BCUT2D eigenvalue weighted by Gasteiger charge is -2.10. The van der Waals surface area contributed by atoms with Crippen LogP contribution >= 0.6 is 0 Å². The quantitative estimate of drug-likeness (QED) is 0.690. The van der Waals surface area contributed by atoms with Gasteiger partial charge in [-0.15, -0.1) is 0 Å². The van der Waals surface area contributed by atoms with Crippen molar-refractivity contribution in [3.8, 4) is 0 Å². The zero-order valence-corrected chi connectivity index (χ0v) is 14.7. The summed E-state index contributed by atoms with van der Waals surface area (Å²) in [4.78, 5) is 3.76. The summed E-state index contributed by atoms with van der Waals surface area (Å²) in [5.74, 6) is -0.151. The van der Waals surface area contributed by atoms with Crippen LogP contribution in [0.4, 0.5) is 4.39 Å². The summed E-state index contributed by atoms with van der Waals surface area (Å²) in [7, 11) is -3.67. The van der Waals surface area contributed by atoms with E-state index >= 15 is 0 Å². The minimum atomic E-state index is -3.67. The highest BCUT2D eigenvalue weighted by Crippen LogP contribution is 2.33. The van der Waals surface area contributed by atoms with Gasteiger partial charge in [-0.05, 0) is 53.9 Å². The third kappa shape index (κ3) is 2.75. The van der Waals surface area contributed by atoms with Gasteiger partial charge in [-0.1, -0.05) is 6.92 Å². The summed E-state index contributed by atoms with van der Waals surface area (Å²) < 4.78 is 38.9. The zero-order valence-electron chi connectivity index (χ0n) is 13.8. The van der Waals surface area contributed by atoms with Crippen LogP contribution in [0.2, 0.25) is 0 Å². The Bertz CT molecular complexity index is 1040. The zero-order chi connectivity index (χ0) is 17.6. The molecule has 0 radical (unpaired) electrons. The van der Waals surface area contributed by atoms with Gasteiger partial charge in [0.1, 0.15) is 5.82 Å². The molecule has 0 fully saturated rings. The molecule has 1 aliphatic rings. The van der Waals surface area contributed by atoms with Gasteiger partial charge in [-0.3, -0.25) is 0 Å². The van der Waals surface area contributed by atoms with Crippen LogP contribution in [0.5, 0.6) is 0 Å². The number of halogens is 1. The third-order valence-electron chi connectivity index (χ3n) is 4.82. The Hall–Kier alpha value is -2.18. The van der Waals surface area contributed by atoms with Crippen LogP contribution in [0.3, 0.4) is 0 Å². The molecule has 130 valence electrons. The minimum absolute atomic E-state index is 0.101. The van der Waals surface area contributed by atoms with E-state index in [2.05, 4.69) is 17.2 Å². The van der Waals surface area contributed by atoms with E-state index in [4.69, 9.17) is 0 Å². The number of H-pyrrole nitrogens is 1. The molecule has 0 saturated heterocycles. The molecule has 2 heterocycles. The van der Waals surface area contributed by atoms with E-state index in [1.165, 1.54) is 35.5 Å². The van der Waals surface area contributed by atoms with Crippen molar-refractivity contribution in [3.63, 3.8) is 0 Å². The normalized spacial score (nSPS) is 18.1. The van der Waals surface area contributed by atoms with E-state index in [1.807, 2.05) is 6.07 Å². The number of hydrogen-bond donors (Lipinski definition) is 2. The number of fused-ring (bicyclic) bond motifs is 3. The van der Waals surface area contributed by atoms with Gasteiger partial charge in [-0.2, -0.15) is 0 Å². The molecule has 1 atom stereocenters. The molecule has 1 unspecified atom stereocenters. The average molecular weight is 358 g/mol. The Morgan fingerprint density at radius 1 is 1.08 bits per heavy atom. The van der Waals surface area contributed by atoms with Crippen molar-refractivity contribution in [1.29, 1.82) is 0 Å². The molecule has 4 nitrogen and oxygen atoms in total. The van der Waals surface area contributed by atoms with Crippen LogP contribution in [-0.4, -0.2) is 26.5 Å². The fourth-order valence-corrected chi connectivity index (χ4v) is 4.85. The second-order valence-corrected chi connectivity index (χ2v) is 8.49. The number of aromatic amines is 1. The number of rotatable bonds is 2. The molecule has 0 spiro atoms. The molecule has 25 heavy (non-hydrogen) atoms. The first-order valence-corrected chi connectivity index (χ1v) is 9.81. The molecule has 2 N–H and O–H groups in total. The van der Waals surface area contributed by atoms with Crippen molar-refractivity contribution >= 4 is 20.7 Å². The fraction of sp³-hybridized carbons (Fsp3) is 0.263. The lowest BCUT2D eigenvalue weighted by Crippen LogP contribution is -2.18. The molecule has 2 aromatic carbocycles. The second kappa shape index (κ2) is 5.97. The van der Waals surface area contributed by atoms with Gasteiger partial charge in [-0.25, -0.2) is 12.8 Å². The van der Waals surface area contributed by atoms with Gasteiger partial charge >= 0.3 is 0 Å². The molecule has 3 aromatic rings. The summed E-state index contributed by atoms with van der Waals surface area (Å²) >= 11 is 0. The topological polar surface area (TPSA) is 62.0 Å². The smallest absolute Gasteiger partial charge is 0.206 e. The lowest BCUT2D eigenvalue weighted by molar-refractivity contribution is 0.595. The van der Waals surface area contributed by atoms with Crippen LogP contribution in [-0.2, 0) is 16.3 Å². The van der Waals surface area contributed by atoms with E-state index in [0.717, 1.165) is 30.4 Å². The standard InChI is InChI=1S/C19H19FN2O2S/c1-12-11-21-9-8-18-19(12)16-10-15(6-7-17(16)22-18)25(23,24)14-4-2-13(20)3-5-14/h2-7,10,12,21-22H,8-9,11H2,1H3. The summed E-state index contributed by atoms with van der Waals surface area (Å²) in [6.07, 6.45) is 0.897. The Morgan fingerprint density at radius 3 is 2.56 bits per heavy atom. The van der Waals surface area contributed by atoms with Crippen LogP contribution in [0, 0.1) is 5.82 Å². The monoisotopic (exact) mass is 358 g/mol. The predicted octanol–water partition coefficient (Wildman–Crippen LogP) is 3.39. The first kappa shape index (κ1) is 16.3. The Balaban J connectivity index is 1.87. The van der Waals surface area contributed by atoms with Crippen LogP contribution in [0.15, 0.2) is 52.3 Å². The number of benzene rings is 2. The lowest BCUT2D eigenvalue weighted by atomic mass is 9.98. The molecule has 1 aromatic heterocycles. The second-order valence-electron chi connectivity index (χ2n) is 6.54. The summed E-state index contributed by atoms with van der Waals surface area (Å²) in [5.41, 5.74) is 3.32. The Morgan fingerprint density at radius 2 is 1.80 bits per heavy atom. The maximum atomic E-state index is 13.1. The van der Waals surface area contributed by atoms with E-state index < -0.39 is 15.7 Å². The van der Waals surface area contributed by atoms with E-state index in [-0.39, 0.29) is 9.79 Å². The third-order valence-corrected chi connectivity index (χ3v) is 6.59. The van der Waals surface area contributed by atoms with Crippen molar-refractivity contribution in [2.75, 3.05) is 13.1 Å². The average Bonchev–Trinajstić information content (AvgIpc) is 2.86. The van der Waals surface area contributed by atoms with Gasteiger partial charge in [0, 0.05) is 36.1 Å². The van der Waals surface area contributed by atoms with Crippen molar-refractivity contribution < 1.29 is 12.8 Å². The molecule has 0 bridgehead atoms. The maximum Gasteiger partial charge on any atom is 0.206 e. The summed E-state index contributed by atoms with van der Waals surface area (Å²) in [6, 6.07) is 10.1. The van der Waals surface area contributed by atoms with E-state index in [0.29, 0.717) is 5.92 Å². The Kier molecular flexibility index (Phi) is 3.89. The molecular weight excluding hydrogens is 339 g/mol. The highest BCUT2D eigenvalue weighted by atomic mass is 32.2. The van der Waals surface area contributed by atoms with Gasteiger partial charge < -0.3 is 10.3 Å². The van der Waals surface area contributed by atoms with Gasteiger partial charge in [0.25, 0.3) is 0 Å². The Labute approximate surface area is 146 Å². The molecular formula is C19H19FN2O2S. The van der Waals surface area contributed by atoms with Crippen molar-refractivity contribution in [2.45, 2.75) is 29.1 Å². The molecule has 6 heteroatoms. The SMILES string of the molecule is CC1CNCCc2[nH]c3ccc(S(=O)(=O)c4ccc(F)cc4)cc3c21. The van der Waals surface area contributed by atoms with Crippen LogP contribution < -0.4 is 5.32 Å². The van der Waals surface area contributed by atoms with Gasteiger partial charge in [0.2, 0.25) is 9.84 Å². The minimum Gasteiger partial charge on any atom is -0.358 e. The van der Waals surface area contributed by atoms with Crippen molar-refractivity contribution in [1.82, 2.24) is 10.3 Å². The molecule has 0 saturated carbocycles. The first-order valence-electron chi connectivity index (χ1n) is 8.32. The number of aromatic nitrogens is 1. The van der Waals surface area contributed by atoms with Crippen molar-refractivity contribution in [3.05, 3.63) is 59.5 Å². The first-order chi connectivity index (χ1) is 12.0. The largest absolute Gasteiger partial charge is 0.358 e.